The number of aliphatic hydroxyl groups is 1. The van der Waals surface area contributed by atoms with Crippen LogP contribution in [0.1, 0.15) is 22.0 Å². The van der Waals surface area contributed by atoms with E-state index in [9.17, 15) is 18.7 Å². The first-order chi connectivity index (χ1) is 9.00. The Kier molecular flexibility index (Phi) is 3.93. The molecule has 98 valence electrons. The van der Waals surface area contributed by atoms with Gasteiger partial charge in [-0.3, -0.25) is 4.79 Å². The van der Waals surface area contributed by atoms with Crippen LogP contribution in [0.15, 0.2) is 42.5 Å². The van der Waals surface area contributed by atoms with E-state index in [1.54, 1.807) is 30.3 Å². The highest BCUT2D eigenvalue weighted by molar-refractivity contribution is 6.31. The number of aliphatic hydroxyl groups excluding tert-OH is 1. The highest BCUT2D eigenvalue weighted by atomic mass is 35.5. The Labute approximate surface area is 113 Å². The second-order valence-corrected chi connectivity index (χ2v) is 4.34. The standard InChI is InChI=1S/C14H9ClF2O2/c15-10-6-9(7-11(16)12(10)17)14(19)13(18)8-4-2-1-3-5-8/h1-7,13,18H. The third-order valence-corrected chi connectivity index (χ3v) is 2.91. The van der Waals surface area contributed by atoms with Crippen LogP contribution >= 0.6 is 11.6 Å². The van der Waals surface area contributed by atoms with Gasteiger partial charge in [-0.1, -0.05) is 41.9 Å². The maximum atomic E-state index is 13.2. The molecule has 1 unspecified atom stereocenters. The predicted octanol–water partition coefficient (Wildman–Crippen LogP) is 3.53. The summed E-state index contributed by atoms with van der Waals surface area (Å²) in [7, 11) is 0. The Morgan fingerprint density at radius 1 is 1.16 bits per heavy atom. The molecule has 0 saturated carbocycles. The molecule has 0 aliphatic heterocycles. The quantitative estimate of drug-likeness (QED) is 0.691. The van der Waals surface area contributed by atoms with Crippen molar-refractivity contribution in [3.63, 3.8) is 0 Å². The van der Waals surface area contributed by atoms with Crippen LogP contribution in [0.3, 0.4) is 0 Å². The predicted molar refractivity (Wildman–Crippen MR) is 67.1 cm³/mol. The molecular weight excluding hydrogens is 274 g/mol. The minimum atomic E-state index is -1.44. The van der Waals surface area contributed by atoms with E-state index in [2.05, 4.69) is 0 Å². The number of benzene rings is 2. The smallest absolute Gasteiger partial charge is 0.195 e. The zero-order chi connectivity index (χ0) is 14.0. The number of rotatable bonds is 3. The molecule has 0 fully saturated rings. The van der Waals surface area contributed by atoms with Gasteiger partial charge >= 0.3 is 0 Å². The minimum Gasteiger partial charge on any atom is -0.380 e. The van der Waals surface area contributed by atoms with Crippen LogP contribution < -0.4 is 0 Å². The number of hydrogen-bond donors (Lipinski definition) is 1. The molecule has 5 heteroatoms. The highest BCUT2D eigenvalue weighted by Gasteiger charge is 2.21. The van der Waals surface area contributed by atoms with Crippen molar-refractivity contribution in [1.29, 1.82) is 0 Å². The third kappa shape index (κ3) is 2.80. The van der Waals surface area contributed by atoms with Gasteiger partial charge in [0.25, 0.3) is 0 Å². The summed E-state index contributed by atoms with van der Waals surface area (Å²) in [6.07, 6.45) is -1.44. The molecule has 0 heterocycles. The summed E-state index contributed by atoms with van der Waals surface area (Å²) in [5.74, 6) is -3.18. The van der Waals surface area contributed by atoms with Crippen LogP contribution in [0, 0.1) is 11.6 Å². The fraction of sp³-hybridized carbons (Fsp3) is 0.0714. The monoisotopic (exact) mass is 282 g/mol. The van der Waals surface area contributed by atoms with Gasteiger partial charge in [0.05, 0.1) is 5.02 Å². The van der Waals surface area contributed by atoms with Crippen LogP contribution in [0.25, 0.3) is 0 Å². The van der Waals surface area contributed by atoms with Crippen molar-refractivity contribution in [2.24, 2.45) is 0 Å². The van der Waals surface area contributed by atoms with Crippen molar-refractivity contribution in [3.05, 3.63) is 70.2 Å². The van der Waals surface area contributed by atoms with E-state index in [1.807, 2.05) is 0 Å². The fourth-order valence-electron chi connectivity index (χ4n) is 1.64. The van der Waals surface area contributed by atoms with E-state index < -0.39 is 28.5 Å². The van der Waals surface area contributed by atoms with Crippen molar-refractivity contribution >= 4 is 17.4 Å². The number of carbonyl (C=O) groups is 1. The number of halogens is 3. The summed E-state index contributed by atoms with van der Waals surface area (Å²) in [5.41, 5.74) is 0.189. The van der Waals surface area contributed by atoms with Gasteiger partial charge in [0.1, 0.15) is 6.10 Å². The maximum absolute atomic E-state index is 13.2. The van der Waals surface area contributed by atoms with Crippen LogP contribution in [-0.4, -0.2) is 10.9 Å². The second-order valence-electron chi connectivity index (χ2n) is 3.93. The summed E-state index contributed by atoms with van der Waals surface area (Å²) < 4.78 is 26.2. The summed E-state index contributed by atoms with van der Waals surface area (Å²) in [6, 6.07) is 9.88. The average molecular weight is 283 g/mol. The lowest BCUT2D eigenvalue weighted by Crippen LogP contribution is -2.13. The topological polar surface area (TPSA) is 37.3 Å². The number of hydrogen-bond acceptors (Lipinski definition) is 2. The number of Topliss-reactive ketones (excluding diaryl/α,β-unsaturated/α-hetero) is 1. The van der Waals surface area contributed by atoms with Gasteiger partial charge in [-0.2, -0.15) is 0 Å². The Morgan fingerprint density at radius 2 is 1.79 bits per heavy atom. The molecular formula is C14H9ClF2O2. The Morgan fingerprint density at radius 3 is 2.37 bits per heavy atom. The van der Waals surface area contributed by atoms with Crippen LogP contribution in [0.5, 0.6) is 0 Å². The van der Waals surface area contributed by atoms with Gasteiger partial charge in [-0.05, 0) is 17.7 Å². The van der Waals surface area contributed by atoms with E-state index in [1.165, 1.54) is 0 Å². The molecule has 0 amide bonds. The molecule has 19 heavy (non-hydrogen) atoms. The Bertz CT molecular complexity index is 591. The minimum absolute atomic E-state index is 0.180. The van der Waals surface area contributed by atoms with Crippen LogP contribution in [0.4, 0.5) is 8.78 Å². The van der Waals surface area contributed by atoms with Crippen molar-refractivity contribution in [3.8, 4) is 0 Å². The zero-order valence-electron chi connectivity index (χ0n) is 9.61. The molecule has 2 aromatic rings. The van der Waals surface area contributed by atoms with E-state index in [4.69, 9.17) is 11.6 Å². The molecule has 2 nitrogen and oxygen atoms in total. The molecule has 0 aromatic heterocycles. The molecule has 2 rings (SSSR count). The molecule has 0 aliphatic carbocycles. The Hall–Kier alpha value is -1.78. The van der Waals surface area contributed by atoms with Gasteiger partial charge in [-0.25, -0.2) is 8.78 Å². The van der Waals surface area contributed by atoms with Gasteiger partial charge in [-0.15, -0.1) is 0 Å². The van der Waals surface area contributed by atoms with Gasteiger partial charge in [0.2, 0.25) is 0 Å². The molecule has 0 saturated heterocycles. The lowest BCUT2D eigenvalue weighted by atomic mass is 10.00. The lowest BCUT2D eigenvalue weighted by molar-refractivity contribution is 0.0747. The summed E-state index contributed by atoms with van der Waals surface area (Å²) >= 11 is 5.47. The summed E-state index contributed by atoms with van der Waals surface area (Å²) in [5, 5.41) is 9.39. The first-order valence-electron chi connectivity index (χ1n) is 5.42. The van der Waals surface area contributed by atoms with Crippen molar-refractivity contribution in [2.75, 3.05) is 0 Å². The van der Waals surface area contributed by atoms with E-state index in [-0.39, 0.29) is 5.56 Å². The molecule has 0 aliphatic rings. The summed E-state index contributed by atoms with van der Waals surface area (Å²) in [6.45, 7) is 0. The van der Waals surface area contributed by atoms with Gasteiger partial charge < -0.3 is 5.11 Å². The number of carbonyl (C=O) groups excluding carboxylic acids is 1. The SMILES string of the molecule is O=C(c1cc(F)c(F)c(Cl)c1)C(O)c1ccccc1. The van der Waals surface area contributed by atoms with Gasteiger partial charge in [0, 0.05) is 5.56 Å². The third-order valence-electron chi connectivity index (χ3n) is 2.63. The molecule has 1 N–H and O–H groups in total. The zero-order valence-corrected chi connectivity index (χ0v) is 10.4. The number of ketones is 1. The first-order valence-corrected chi connectivity index (χ1v) is 5.80. The van der Waals surface area contributed by atoms with Crippen molar-refractivity contribution in [2.45, 2.75) is 6.10 Å². The van der Waals surface area contributed by atoms with Crippen LogP contribution in [-0.2, 0) is 0 Å². The maximum Gasteiger partial charge on any atom is 0.195 e. The molecule has 0 spiro atoms. The molecule has 0 bridgehead atoms. The Balaban J connectivity index is 2.35. The van der Waals surface area contributed by atoms with Gasteiger partial charge in [0.15, 0.2) is 17.4 Å². The van der Waals surface area contributed by atoms with Crippen molar-refractivity contribution < 1.29 is 18.7 Å². The molecule has 0 radical (unpaired) electrons. The molecule has 1 atom stereocenters. The first kappa shape index (κ1) is 13.6. The van der Waals surface area contributed by atoms with Crippen molar-refractivity contribution in [1.82, 2.24) is 0 Å². The van der Waals surface area contributed by atoms with Crippen LogP contribution in [0.2, 0.25) is 5.02 Å². The largest absolute Gasteiger partial charge is 0.380 e. The van der Waals surface area contributed by atoms with E-state index >= 15 is 0 Å². The highest BCUT2D eigenvalue weighted by Crippen LogP contribution is 2.24. The average Bonchev–Trinajstić information content (AvgIpc) is 2.43. The summed E-state index contributed by atoms with van der Waals surface area (Å²) in [4.78, 5) is 12.0. The normalized spacial score (nSPS) is 12.2. The second kappa shape index (κ2) is 5.47. The fourth-order valence-corrected chi connectivity index (χ4v) is 1.85. The van der Waals surface area contributed by atoms with E-state index in [0.29, 0.717) is 5.56 Å². The van der Waals surface area contributed by atoms with E-state index in [0.717, 1.165) is 12.1 Å². The lowest BCUT2D eigenvalue weighted by Gasteiger charge is -2.10. The molecule has 2 aromatic carbocycles.